The van der Waals surface area contributed by atoms with Gasteiger partial charge in [-0.1, -0.05) is 12.1 Å². The molecule has 4 rings (SSSR count). The van der Waals surface area contributed by atoms with Gasteiger partial charge >= 0.3 is 0 Å². The van der Waals surface area contributed by atoms with E-state index in [9.17, 15) is 18.4 Å². The van der Waals surface area contributed by atoms with Crippen molar-refractivity contribution in [1.29, 1.82) is 0 Å². The second-order valence-electron chi connectivity index (χ2n) is 8.05. The summed E-state index contributed by atoms with van der Waals surface area (Å²) in [5.74, 6) is -2.25. The van der Waals surface area contributed by atoms with E-state index in [2.05, 4.69) is 25.9 Å². The Hall–Kier alpha value is -3.92. The van der Waals surface area contributed by atoms with Crippen LogP contribution in [-0.2, 0) is 6.54 Å². The number of nitrogen functional groups attached to an aromatic ring is 1. The monoisotopic (exact) mass is 466 g/mol. The summed E-state index contributed by atoms with van der Waals surface area (Å²) >= 11 is 0. The maximum absolute atomic E-state index is 13.4. The summed E-state index contributed by atoms with van der Waals surface area (Å²) in [4.78, 5) is 33.8. The van der Waals surface area contributed by atoms with Crippen molar-refractivity contribution >= 4 is 17.6 Å². The zero-order valence-corrected chi connectivity index (χ0v) is 18.3. The molecule has 2 heterocycles. The second kappa shape index (κ2) is 10.3. The van der Waals surface area contributed by atoms with E-state index in [1.165, 1.54) is 6.20 Å². The summed E-state index contributed by atoms with van der Waals surface area (Å²) in [7, 11) is 0. The van der Waals surface area contributed by atoms with Crippen LogP contribution in [-0.4, -0.2) is 40.9 Å². The van der Waals surface area contributed by atoms with Crippen LogP contribution in [0.2, 0.25) is 0 Å². The quantitative estimate of drug-likeness (QED) is 0.443. The number of nitrogens with zero attached hydrogens (tertiary/aromatic N) is 2. The van der Waals surface area contributed by atoms with Crippen molar-refractivity contribution in [2.45, 2.75) is 25.4 Å². The number of nitrogens with one attached hydrogen (secondary N) is 3. The third-order valence-electron chi connectivity index (χ3n) is 5.44. The van der Waals surface area contributed by atoms with Gasteiger partial charge in [-0.2, -0.15) is 0 Å². The first-order chi connectivity index (χ1) is 16.4. The molecular weight excluding hydrogens is 442 g/mol. The van der Waals surface area contributed by atoms with Gasteiger partial charge in [0.15, 0.2) is 11.5 Å². The summed E-state index contributed by atoms with van der Waals surface area (Å²) < 4.78 is 26.7. The molecule has 0 spiro atoms. The van der Waals surface area contributed by atoms with Crippen LogP contribution in [0.5, 0.6) is 0 Å². The van der Waals surface area contributed by atoms with E-state index in [1.54, 1.807) is 24.3 Å². The second-order valence-corrected chi connectivity index (χ2v) is 8.05. The average Bonchev–Trinajstić information content (AvgIpc) is 2.83. The van der Waals surface area contributed by atoms with Crippen molar-refractivity contribution in [3.63, 3.8) is 0 Å². The minimum absolute atomic E-state index is 0.00954. The predicted octanol–water partition coefficient (Wildman–Crippen LogP) is 2.42. The van der Waals surface area contributed by atoms with Gasteiger partial charge in [0.05, 0.1) is 11.9 Å². The van der Waals surface area contributed by atoms with E-state index >= 15 is 0 Å². The highest BCUT2D eigenvalue weighted by atomic mass is 19.1. The van der Waals surface area contributed by atoms with Crippen molar-refractivity contribution in [2.75, 3.05) is 18.8 Å². The Morgan fingerprint density at radius 1 is 1.12 bits per heavy atom. The third-order valence-corrected chi connectivity index (χ3v) is 5.44. The lowest BCUT2D eigenvalue weighted by Crippen LogP contribution is -2.46. The SMILES string of the molecule is Nc1ncc(-c2cccc(C(=O)NCc3cc(F)cc(F)c3)c2)nc1C(=O)NC1CCCNC1. The van der Waals surface area contributed by atoms with Crippen molar-refractivity contribution < 1.29 is 18.4 Å². The largest absolute Gasteiger partial charge is 0.382 e. The number of nitrogens with two attached hydrogens (primary N) is 1. The number of benzene rings is 2. The van der Waals surface area contributed by atoms with Crippen LogP contribution in [0.25, 0.3) is 11.3 Å². The third kappa shape index (κ3) is 5.70. The number of carbonyl (C=O) groups excluding carboxylic acids is 2. The Balaban J connectivity index is 1.48. The molecule has 1 aliphatic heterocycles. The Bertz CT molecular complexity index is 1190. The number of rotatable bonds is 6. The average molecular weight is 466 g/mol. The molecule has 1 unspecified atom stereocenters. The molecule has 3 aromatic rings. The van der Waals surface area contributed by atoms with Gasteiger partial charge in [0.2, 0.25) is 0 Å². The van der Waals surface area contributed by atoms with Crippen LogP contribution in [0.4, 0.5) is 14.6 Å². The maximum Gasteiger partial charge on any atom is 0.274 e. The molecule has 34 heavy (non-hydrogen) atoms. The van der Waals surface area contributed by atoms with Crippen LogP contribution >= 0.6 is 0 Å². The highest BCUT2D eigenvalue weighted by Crippen LogP contribution is 2.20. The fraction of sp³-hybridized carbons (Fsp3) is 0.250. The number of piperidine rings is 1. The first-order valence-corrected chi connectivity index (χ1v) is 10.9. The maximum atomic E-state index is 13.4. The van der Waals surface area contributed by atoms with Gasteiger partial charge in [-0.15, -0.1) is 0 Å². The summed E-state index contributed by atoms with van der Waals surface area (Å²) in [6.07, 6.45) is 3.27. The standard InChI is InChI=1S/C24H24F2N6O2/c25-17-7-14(8-18(26)10-17)11-30-23(33)16-4-1-3-15(9-16)20-13-29-22(27)21(32-20)24(34)31-19-5-2-6-28-12-19/h1,3-4,7-10,13,19,28H,2,5-6,11-12H2,(H2,27,29)(H,30,33)(H,31,34). The number of hydrogen-bond acceptors (Lipinski definition) is 6. The summed E-state index contributed by atoms with van der Waals surface area (Å²) in [6.45, 7) is 1.56. The number of aromatic nitrogens is 2. The molecule has 1 fully saturated rings. The molecule has 0 saturated carbocycles. The van der Waals surface area contributed by atoms with Gasteiger partial charge in [0.1, 0.15) is 11.6 Å². The van der Waals surface area contributed by atoms with E-state index in [0.717, 1.165) is 37.6 Å². The lowest BCUT2D eigenvalue weighted by atomic mass is 10.1. The van der Waals surface area contributed by atoms with Crippen molar-refractivity contribution in [3.05, 3.63) is 77.1 Å². The van der Waals surface area contributed by atoms with Crippen molar-refractivity contribution in [1.82, 2.24) is 25.9 Å². The molecule has 1 aromatic heterocycles. The molecule has 8 nitrogen and oxygen atoms in total. The number of halogens is 2. The molecule has 1 atom stereocenters. The fourth-order valence-electron chi connectivity index (χ4n) is 3.75. The zero-order chi connectivity index (χ0) is 24.1. The molecule has 2 amide bonds. The molecular formula is C24H24F2N6O2. The Morgan fingerprint density at radius 3 is 2.65 bits per heavy atom. The summed E-state index contributed by atoms with van der Waals surface area (Å²) in [5.41, 5.74) is 7.47. The molecule has 1 saturated heterocycles. The van der Waals surface area contributed by atoms with Gasteiger partial charge in [0, 0.05) is 36.3 Å². The molecule has 5 N–H and O–H groups in total. The van der Waals surface area contributed by atoms with Crippen molar-refractivity contribution in [2.24, 2.45) is 0 Å². The van der Waals surface area contributed by atoms with E-state index in [-0.39, 0.29) is 24.1 Å². The van der Waals surface area contributed by atoms with Crippen molar-refractivity contribution in [3.8, 4) is 11.3 Å². The highest BCUT2D eigenvalue weighted by molar-refractivity contribution is 5.97. The van der Waals surface area contributed by atoms with Crippen LogP contribution < -0.4 is 21.7 Å². The van der Waals surface area contributed by atoms with Gasteiger partial charge < -0.3 is 21.7 Å². The first kappa shape index (κ1) is 23.2. The molecule has 0 aliphatic carbocycles. The van der Waals surface area contributed by atoms with Gasteiger partial charge in [-0.05, 0) is 49.2 Å². The molecule has 2 aromatic carbocycles. The Morgan fingerprint density at radius 2 is 1.91 bits per heavy atom. The summed E-state index contributed by atoms with van der Waals surface area (Å²) in [5, 5.41) is 8.79. The highest BCUT2D eigenvalue weighted by Gasteiger charge is 2.20. The number of carbonyl (C=O) groups is 2. The minimum atomic E-state index is -0.715. The van der Waals surface area contributed by atoms with Crippen LogP contribution in [0.1, 0.15) is 39.3 Å². The van der Waals surface area contributed by atoms with E-state index in [4.69, 9.17) is 5.73 Å². The van der Waals surface area contributed by atoms with E-state index in [0.29, 0.717) is 28.9 Å². The Kier molecular flexibility index (Phi) is 7.07. The van der Waals surface area contributed by atoms with Gasteiger partial charge in [-0.3, -0.25) is 9.59 Å². The minimum Gasteiger partial charge on any atom is -0.382 e. The summed E-state index contributed by atoms with van der Waals surface area (Å²) in [6, 6.07) is 9.64. The molecule has 10 heteroatoms. The lowest BCUT2D eigenvalue weighted by Gasteiger charge is -2.23. The number of amides is 2. The van der Waals surface area contributed by atoms with E-state index < -0.39 is 23.4 Å². The normalized spacial score (nSPS) is 15.5. The predicted molar refractivity (Wildman–Crippen MR) is 123 cm³/mol. The molecule has 176 valence electrons. The van der Waals surface area contributed by atoms with Crippen LogP contribution in [0.15, 0.2) is 48.7 Å². The van der Waals surface area contributed by atoms with Gasteiger partial charge in [0.25, 0.3) is 11.8 Å². The zero-order valence-electron chi connectivity index (χ0n) is 18.3. The Labute approximate surface area is 195 Å². The fourth-order valence-corrected chi connectivity index (χ4v) is 3.75. The molecule has 0 bridgehead atoms. The smallest absolute Gasteiger partial charge is 0.274 e. The van der Waals surface area contributed by atoms with E-state index in [1.807, 2.05) is 0 Å². The molecule has 1 aliphatic rings. The number of anilines is 1. The molecule has 0 radical (unpaired) electrons. The topological polar surface area (TPSA) is 122 Å². The first-order valence-electron chi connectivity index (χ1n) is 10.9. The lowest BCUT2D eigenvalue weighted by molar-refractivity contribution is 0.0923. The van der Waals surface area contributed by atoms with Crippen LogP contribution in [0.3, 0.4) is 0 Å². The van der Waals surface area contributed by atoms with Gasteiger partial charge in [-0.25, -0.2) is 18.7 Å². The number of hydrogen-bond donors (Lipinski definition) is 4. The van der Waals surface area contributed by atoms with Crippen LogP contribution in [0, 0.1) is 11.6 Å².